The van der Waals surface area contributed by atoms with Gasteiger partial charge in [-0.05, 0) is 43.4 Å². The van der Waals surface area contributed by atoms with Gasteiger partial charge in [-0.15, -0.1) is 0 Å². The van der Waals surface area contributed by atoms with Gasteiger partial charge >= 0.3 is 0 Å². The van der Waals surface area contributed by atoms with Crippen LogP contribution in [-0.4, -0.2) is 57.9 Å². The van der Waals surface area contributed by atoms with Crippen LogP contribution in [-0.2, 0) is 11.3 Å². The van der Waals surface area contributed by atoms with E-state index in [2.05, 4.69) is 15.4 Å². The average Bonchev–Trinajstić information content (AvgIpc) is 3.37. The third-order valence-electron chi connectivity index (χ3n) is 5.20. The molecule has 2 saturated heterocycles. The smallest absolute Gasteiger partial charge is 0.255 e. The number of likely N-dealkylation sites (tertiary alicyclic amines) is 1. The molecule has 0 radical (unpaired) electrons. The van der Waals surface area contributed by atoms with Crippen LogP contribution in [0.5, 0.6) is 0 Å². The molecule has 1 atom stereocenters. The number of carbonyl (C=O) groups is 1. The van der Waals surface area contributed by atoms with Crippen molar-refractivity contribution in [3.8, 4) is 0 Å². The molecule has 2 aliphatic heterocycles. The number of rotatable bonds is 5. The van der Waals surface area contributed by atoms with Gasteiger partial charge in [-0.1, -0.05) is 0 Å². The maximum absolute atomic E-state index is 12.7. The lowest BCUT2D eigenvalue weighted by Gasteiger charge is -2.32. The number of hydrogen-bond donors (Lipinski definition) is 1. The number of carbonyl (C=O) groups excluding carboxylic acids is 1. The lowest BCUT2D eigenvalue weighted by molar-refractivity contribution is 0.0681. The fourth-order valence-electron chi connectivity index (χ4n) is 3.64. The maximum Gasteiger partial charge on any atom is 0.255 e. The summed E-state index contributed by atoms with van der Waals surface area (Å²) in [6.07, 6.45) is 8.51. The minimum absolute atomic E-state index is 0.0748. The van der Waals surface area contributed by atoms with Gasteiger partial charge in [-0.25, -0.2) is 4.98 Å². The molecule has 0 spiro atoms. The third kappa shape index (κ3) is 4.04. The van der Waals surface area contributed by atoms with Crippen LogP contribution in [0.15, 0.2) is 36.8 Å². The Kier molecular flexibility index (Phi) is 5.15. The summed E-state index contributed by atoms with van der Waals surface area (Å²) in [7, 11) is 0. The maximum atomic E-state index is 12.7. The number of hydrogen-bond acceptors (Lipinski definition) is 5. The second-order valence-electron chi connectivity index (χ2n) is 7.10. The standard InChI is InChI=1S/C19H25N5O2/c25-19(16-2-3-18(20-12-16)22-17-6-11-26-14-17)23-9-4-15(5-10-23)13-24-8-1-7-21-24/h1-3,7-8,12,15,17H,4-6,9-11,13-14H2,(H,20,22)/t17-/m1/s1. The van der Waals surface area contributed by atoms with Crippen molar-refractivity contribution < 1.29 is 9.53 Å². The fourth-order valence-corrected chi connectivity index (χ4v) is 3.64. The zero-order valence-corrected chi connectivity index (χ0v) is 14.9. The Morgan fingerprint density at radius 2 is 2.15 bits per heavy atom. The molecule has 2 aromatic heterocycles. The highest BCUT2D eigenvalue weighted by molar-refractivity contribution is 5.94. The van der Waals surface area contributed by atoms with Crippen molar-refractivity contribution in [3.05, 3.63) is 42.4 Å². The molecule has 4 rings (SSSR count). The molecule has 26 heavy (non-hydrogen) atoms. The quantitative estimate of drug-likeness (QED) is 0.888. The van der Waals surface area contributed by atoms with Crippen LogP contribution in [0.1, 0.15) is 29.6 Å². The van der Waals surface area contributed by atoms with E-state index >= 15 is 0 Å². The largest absolute Gasteiger partial charge is 0.379 e. The summed E-state index contributed by atoms with van der Waals surface area (Å²) in [6.45, 7) is 4.04. The van der Waals surface area contributed by atoms with Crippen LogP contribution in [0.4, 0.5) is 5.82 Å². The predicted molar refractivity (Wildman–Crippen MR) is 97.9 cm³/mol. The Bertz CT molecular complexity index is 702. The second-order valence-corrected chi connectivity index (χ2v) is 7.10. The first-order valence-corrected chi connectivity index (χ1v) is 9.35. The molecule has 7 nitrogen and oxygen atoms in total. The van der Waals surface area contributed by atoms with Crippen molar-refractivity contribution in [1.82, 2.24) is 19.7 Å². The number of nitrogens with zero attached hydrogens (tertiary/aromatic N) is 4. The summed E-state index contributed by atoms with van der Waals surface area (Å²) in [5, 5.41) is 7.61. The summed E-state index contributed by atoms with van der Waals surface area (Å²) in [6, 6.07) is 6.02. The molecule has 0 aliphatic carbocycles. The number of ether oxygens (including phenoxy) is 1. The highest BCUT2D eigenvalue weighted by atomic mass is 16.5. The van der Waals surface area contributed by atoms with Gasteiger partial charge in [0, 0.05) is 44.8 Å². The van der Waals surface area contributed by atoms with E-state index in [1.165, 1.54) is 0 Å². The number of aromatic nitrogens is 3. The van der Waals surface area contributed by atoms with E-state index in [9.17, 15) is 4.79 Å². The highest BCUT2D eigenvalue weighted by Crippen LogP contribution is 2.21. The van der Waals surface area contributed by atoms with Crippen LogP contribution in [0.2, 0.25) is 0 Å². The lowest BCUT2D eigenvalue weighted by Crippen LogP contribution is -2.39. The molecular weight excluding hydrogens is 330 g/mol. The van der Waals surface area contributed by atoms with Crippen molar-refractivity contribution in [3.63, 3.8) is 0 Å². The van der Waals surface area contributed by atoms with Crippen LogP contribution in [0.3, 0.4) is 0 Å². The van der Waals surface area contributed by atoms with Crippen LogP contribution in [0.25, 0.3) is 0 Å². The zero-order chi connectivity index (χ0) is 17.8. The highest BCUT2D eigenvalue weighted by Gasteiger charge is 2.24. The Morgan fingerprint density at radius 3 is 2.81 bits per heavy atom. The van der Waals surface area contributed by atoms with Gasteiger partial charge in [-0.2, -0.15) is 5.10 Å². The summed E-state index contributed by atoms with van der Waals surface area (Å²) < 4.78 is 7.33. The van der Waals surface area contributed by atoms with E-state index in [0.29, 0.717) is 17.5 Å². The normalized spacial score (nSPS) is 21.1. The van der Waals surface area contributed by atoms with Crippen LogP contribution in [0, 0.1) is 5.92 Å². The van der Waals surface area contributed by atoms with Gasteiger partial charge in [0.05, 0.1) is 18.2 Å². The summed E-state index contributed by atoms with van der Waals surface area (Å²) >= 11 is 0. The monoisotopic (exact) mass is 355 g/mol. The van der Waals surface area contributed by atoms with Gasteiger partial charge in [0.2, 0.25) is 0 Å². The molecule has 0 bridgehead atoms. The Hall–Kier alpha value is -2.41. The first-order chi connectivity index (χ1) is 12.8. The minimum Gasteiger partial charge on any atom is -0.379 e. The summed E-state index contributed by atoms with van der Waals surface area (Å²) in [5.74, 6) is 1.46. The molecule has 2 aliphatic rings. The van der Waals surface area contributed by atoms with E-state index in [-0.39, 0.29) is 5.91 Å². The van der Waals surface area contributed by atoms with Crippen molar-refractivity contribution >= 4 is 11.7 Å². The molecule has 0 aromatic carbocycles. The number of anilines is 1. The SMILES string of the molecule is O=C(c1ccc(N[C@@H]2CCOC2)nc1)N1CCC(Cn2cccn2)CC1. The van der Waals surface area contributed by atoms with Crippen molar-refractivity contribution in [2.75, 3.05) is 31.6 Å². The van der Waals surface area contributed by atoms with Crippen LogP contribution >= 0.6 is 0 Å². The van der Waals surface area contributed by atoms with Gasteiger partial charge in [0.1, 0.15) is 5.82 Å². The first kappa shape index (κ1) is 17.0. The van der Waals surface area contributed by atoms with Gasteiger partial charge in [0.15, 0.2) is 0 Å². The topological polar surface area (TPSA) is 72.3 Å². The number of amides is 1. The first-order valence-electron chi connectivity index (χ1n) is 9.35. The van der Waals surface area contributed by atoms with E-state index in [1.807, 2.05) is 40.2 Å². The van der Waals surface area contributed by atoms with E-state index in [1.54, 1.807) is 6.20 Å². The number of nitrogens with one attached hydrogen (secondary N) is 1. The molecule has 2 aromatic rings. The lowest BCUT2D eigenvalue weighted by atomic mass is 9.96. The van der Waals surface area contributed by atoms with E-state index in [0.717, 1.165) is 57.9 Å². The number of piperidine rings is 1. The minimum atomic E-state index is 0.0748. The Morgan fingerprint density at radius 1 is 1.27 bits per heavy atom. The van der Waals surface area contributed by atoms with Gasteiger partial charge in [0.25, 0.3) is 5.91 Å². The molecule has 1 amide bonds. The van der Waals surface area contributed by atoms with E-state index in [4.69, 9.17) is 4.74 Å². The Balaban J connectivity index is 1.29. The number of pyridine rings is 1. The van der Waals surface area contributed by atoms with Gasteiger partial charge in [-0.3, -0.25) is 9.48 Å². The Labute approximate surface area is 153 Å². The average molecular weight is 355 g/mol. The van der Waals surface area contributed by atoms with Crippen LogP contribution < -0.4 is 5.32 Å². The molecule has 0 unspecified atom stereocenters. The fraction of sp³-hybridized carbons (Fsp3) is 0.526. The van der Waals surface area contributed by atoms with Crippen molar-refractivity contribution in [1.29, 1.82) is 0 Å². The summed E-state index contributed by atoms with van der Waals surface area (Å²) in [5.41, 5.74) is 0.656. The van der Waals surface area contributed by atoms with Crippen molar-refractivity contribution in [2.45, 2.75) is 31.8 Å². The molecule has 1 N–H and O–H groups in total. The summed E-state index contributed by atoms with van der Waals surface area (Å²) in [4.78, 5) is 19.0. The molecule has 0 saturated carbocycles. The third-order valence-corrected chi connectivity index (χ3v) is 5.20. The zero-order valence-electron chi connectivity index (χ0n) is 14.9. The van der Waals surface area contributed by atoms with Gasteiger partial charge < -0.3 is 15.0 Å². The molecule has 138 valence electrons. The molecule has 2 fully saturated rings. The molecular formula is C19H25N5O2. The molecule has 4 heterocycles. The second kappa shape index (κ2) is 7.86. The molecule has 7 heteroatoms. The van der Waals surface area contributed by atoms with Crippen molar-refractivity contribution in [2.24, 2.45) is 5.92 Å². The predicted octanol–water partition coefficient (Wildman–Crippen LogP) is 2.03. The van der Waals surface area contributed by atoms with E-state index < -0.39 is 0 Å².